The lowest BCUT2D eigenvalue weighted by molar-refractivity contribution is -0.143. The quantitative estimate of drug-likeness (QED) is 0.0322. The first kappa shape index (κ1) is 58.1. The number of allylic oxidation sites excluding steroid dienone is 5. The van der Waals surface area contributed by atoms with Gasteiger partial charge in [-0.05, 0) is 57.8 Å². The number of unbranched alkanes of at least 4 members (excludes halogenated alkanes) is 33. The van der Waals surface area contributed by atoms with Crippen LogP contribution in [0.1, 0.15) is 271 Å². The summed E-state index contributed by atoms with van der Waals surface area (Å²) in [5.74, 6) is -0.0978. The van der Waals surface area contributed by atoms with Crippen molar-refractivity contribution in [3.8, 4) is 0 Å². The first-order chi connectivity index (χ1) is 29.5. The summed E-state index contributed by atoms with van der Waals surface area (Å²) in [6, 6.07) is -0.636. The van der Waals surface area contributed by atoms with Gasteiger partial charge in [-0.1, -0.05) is 237 Å². The molecule has 0 bridgehead atoms. The molecule has 0 spiro atoms. The summed E-state index contributed by atoms with van der Waals surface area (Å²) >= 11 is 0. The highest BCUT2D eigenvalue weighted by atomic mass is 16.5. The summed E-state index contributed by atoms with van der Waals surface area (Å²) < 4.78 is 5.45. The number of hydrogen-bond acceptors (Lipinski definition) is 5. The van der Waals surface area contributed by atoms with E-state index in [0.717, 1.165) is 64.2 Å². The Morgan fingerprint density at radius 3 is 1.32 bits per heavy atom. The topological polar surface area (TPSA) is 95.9 Å². The molecule has 3 N–H and O–H groups in total. The zero-order valence-corrected chi connectivity index (χ0v) is 39.9. The molecule has 1 amide bonds. The van der Waals surface area contributed by atoms with Gasteiger partial charge in [0.15, 0.2) is 0 Å². The van der Waals surface area contributed by atoms with Crippen molar-refractivity contribution >= 4 is 11.9 Å². The second-order valence-corrected chi connectivity index (χ2v) is 17.9. The van der Waals surface area contributed by atoms with Gasteiger partial charge < -0.3 is 20.3 Å². The lowest BCUT2D eigenvalue weighted by Crippen LogP contribution is -2.45. The van der Waals surface area contributed by atoms with Crippen LogP contribution < -0.4 is 5.32 Å². The second-order valence-electron chi connectivity index (χ2n) is 17.9. The number of nitrogens with one attached hydrogen (secondary N) is 1. The summed E-state index contributed by atoms with van der Waals surface area (Å²) in [5.41, 5.74) is 0. The van der Waals surface area contributed by atoms with Crippen LogP contribution in [0.15, 0.2) is 36.5 Å². The SMILES string of the molecule is CCCC/C=C\C/C=C\CCCCCCCC(=O)OCCCCCCCCCCCCCCCCC(=O)NC(CO)C(O)/C=C/CCCCCCCCCCCCCCC. The number of rotatable bonds is 48. The molecule has 0 aromatic carbocycles. The molecule has 0 saturated heterocycles. The number of ether oxygens (including phenoxy) is 1. The maximum atomic E-state index is 12.4. The normalized spacial score (nSPS) is 12.9. The van der Waals surface area contributed by atoms with E-state index in [9.17, 15) is 19.8 Å². The van der Waals surface area contributed by atoms with Crippen molar-refractivity contribution in [3.05, 3.63) is 36.5 Å². The van der Waals surface area contributed by atoms with E-state index in [1.165, 1.54) is 180 Å². The Balaban J connectivity index is 3.49. The third kappa shape index (κ3) is 45.6. The van der Waals surface area contributed by atoms with Gasteiger partial charge in [-0.25, -0.2) is 0 Å². The molecule has 0 radical (unpaired) electrons. The molecule has 0 aromatic rings. The molecule has 6 nitrogen and oxygen atoms in total. The smallest absolute Gasteiger partial charge is 0.305 e. The van der Waals surface area contributed by atoms with Crippen molar-refractivity contribution in [1.82, 2.24) is 5.32 Å². The molecule has 2 atom stereocenters. The largest absolute Gasteiger partial charge is 0.466 e. The van der Waals surface area contributed by atoms with Crippen LogP contribution in [0.2, 0.25) is 0 Å². The maximum absolute atomic E-state index is 12.4. The number of aliphatic hydroxyl groups is 2. The first-order valence-electron chi connectivity index (χ1n) is 26.3. The molecule has 352 valence electrons. The van der Waals surface area contributed by atoms with E-state index in [-0.39, 0.29) is 18.5 Å². The average Bonchev–Trinajstić information content (AvgIpc) is 3.25. The summed E-state index contributed by atoms with van der Waals surface area (Å²) in [7, 11) is 0. The van der Waals surface area contributed by atoms with Crippen LogP contribution in [0.4, 0.5) is 0 Å². The molecule has 2 unspecified atom stereocenters. The van der Waals surface area contributed by atoms with Gasteiger partial charge in [0.2, 0.25) is 5.91 Å². The van der Waals surface area contributed by atoms with Crippen LogP contribution in [-0.4, -0.2) is 47.4 Å². The molecular weight excluding hydrogens is 743 g/mol. The average molecular weight is 844 g/mol. The van der Waals surface area contributed by atoms with E-state index in [2.05, 4.69) is 43.5 Å². The van der Waals surface area contributed by atoms with E-state index >= 15 is 0 Å². The van der Waals surface area contributed by atoms with Gasteiger partial charge in [0, 0.05) is 12.8 Å². The number of aliphatic hydroxyl groups excluding tert-OH is 2. The number of esters is 1. The van der Waals surface area contributed by atoms with Gasteiger partial charge >= 0.3 is 5.97 Å². The minimum absolute atomic E-state index is 0.0185. The molecule has 0 rings (SSSR count). The Kier molecular flexibility index (Phi) is 48.1. The van der Waals surface area contributed by atoms with E-state index in [1.807, 2.05) is 6.08 Å². The van der Waals surface area contributed by atoms with E-state index in [0.29, 0.717) is 19.4 Å². The zero-order chi connectivity index (χ0) is 43.7. The molecular formula is C54H101NO5. The fourth-order valence-corrected chi connectivity index (χ4v) is 7.83. The van der Waals surface area contributed by atoms with E-state index in [1.54, 1.807) is 6.08 Å². The Bertz CT molecular complexity index is 977. The molecule has 0 heterocycles. The third-order valence-corrected chi connectivity index (χ3v) is 11.9. The predicted octanol–water partition coefficient (Wildman–Crippen LogP) is 15.7. The summed E-state index contributed by atoms with van der Waals surface area (Å²) in [4.78, 5) is 24.4. The lowest BCUT2D eigenvalue weighted by Gasteiger charge is -2.20. The van der Waals surface area contributed by atoms with Gasteiger partial charge in [-0.3, -0.25) is 9.59 Å². The summed E-state index contributed by atoms with van der Waals surface area (Å²) in [6.45, 7) is 4.83. The number of hydrogen-bond donors (Lipinski definition) is 3. The van der Waals surface area contributed by atoms with Crippen LogP contribution in [0.25, 0.3) is 0 Å². The van der Waals surface area contributed by atoms with Crippen LogP contribution in [0, 0.1) is 0 Å². The fourth-order valence-electron chi connectivity index (χ4n) is 7.83. The molecule has 0 aliphatic carbocycles. The summed E-state index contributed by atoms with van der Waals surface area (Å²) in [5, 5.41) is 23.1. The monoisotopic (exact) mass is 844 g/mol. The highest BCUT2D eigenvalue weighted by Gasteiger charge is 2.18. The first-order valence-corrected chi connectivity index (χ1v) is 26.3. The van der Waals surface area contributed by atoms with Crippen molar-refractivity contribution in [3.63, 3.8) is 0 Å². The van der Waals surface area contributed by atoms with Gasteiger partial charge in [-0.15, -0.1) is 0 Å². The lowest BCUT2D eigenvalue weighted by atomic mass is 10.0. The van der Waals surface area contributed by atoms with Gasteiger partial charge in [0.1, 0.15) is 0 Å². The molecule has 0 aliphatic heterocycles. The second kappa shape index (κ2) is 49.7. The van der Waals surface area contributed by atoms with Crippen molar-refractivity contribution in [2.24, 2.45) is 0 Å². The predicted molar refractivity (Wildman–Crippen MR) is 259 cm³/mol. The Hall–Kier alpha value is -1.92. The molecule has 6 heteroatoms. The Labute approximate surface area is 373 Å². The van der Waals surface area contributed by atoms with Crippen LogP contribution in [0.3, 0.4) is 0 Å². The van der Waals surface area contributed by atoms with Crippen molar-refractivity contribution in [2.75, 3.05) is 13.2 Å². The molecule has 0 fully saturated rings. The van der Waals surface area contributed by atoms with Crippen LogP contribution >= 0.6 is 0 Å². The fraction of sp³-hybridized carbons (Fsp3) is 0.852. The molecule has 0 aromatic heterocycles. The Morgan fingerprint density at radius 1 is 0.467 bits per heavy atom. The van der Waals surface area contributed by atoms with E-state index in [4.69, 9.17) is 4.74 Å². The highest BCUT2D eigenvalue weighted by molar-refractivity contribution is 5.76. The van der Waals surface area contributed by atoms with Crippen molar-refractivity contribution < 1.29 is 24.5 Å². The van der Waals surface area contributed by atoms with Crippen LogP contribution in [-0.2, 0) is 14.3 Å². The third-order valence-electron chi connectivity index (χ3n) is 11.9. The van der Waals surface area contributed by atoms with Gasteiger partial charge in [0.25, 0.3) is 0 Å². The zero-order valence-electron chi connectivity index (χ0n) is 39.9. The standard InChI is InChI=1S/C54H101NO5/c1-3-5-7-9-11-13-15-17-19-22-26-30-34-38-42-46-52(57)51(50-56)55-53(58)47-43-39-35-31-27-23-20-21-25-29-33-37-41-45-49-60-54(59)48-44-40-36-32-28-24-18-16-14-12-10-8-6-4-2/h10,12,16,18,42,46,51-52,56-57H,3-9,11,13-15,17,19-41,43-45,47-50H2,1-2H3,(H,55,58)/b12-10-,18-16-,46-42+. The minimum Gasteiger partial charge on any atom is -0.466 e. The summed E-state index contributed by atoms with van der Waals surface area (Å²) in [6.07, 6.45) is 59.9. The number of amides is 1. The minimum atomic E-state index is -0.852. The van der Waals surface area contributed by atoms with E-state index < -0.39 is 12.1 Å². The van der Waals surface area contributed by atoms with Gasteiger partial charge in [-0.2, -0.15) is 0 Å². The molecule has 60 heavy (non-hydrogen) atoms. The van der Waals surface area contributed by atoms with Crippen molar-refractivity contribution in [1.29, 1.82) is 0 Å². The molecule has 0 saturated carbocycles. The maximum Gasteiger partial charge on any atom is 0.305 e. The van der Waals surface area contributed by atoms with Gasteiger partial charge in [0.05, 0.1) is 25.4 Å². The number of carbonyl (C=O) groups is 2. The van der Waals surface area contributed by atoms with Crippen molar-refractivity contribution in [2.45, 2.75) is 283 Å². The van der Waals surface area contributed by atoms with Crippen LogP contribution in [0.5, 0.6) is 0 Å². The Morgan fingerprint density at radius 2 is 0.850 bits per heavy atom. The molecule has 0 aliphatic rings. The highest BCUT2D eigenvalue weighted by Crippen LogP contribution is 2.16. The number of carbonyl (C=O) groups excluding carboxylic acids is 2.